The summed E-state index contributed by atoms with van der Waals surface area (Å²) < 4.78 is 4.88. The van der Waals surface area contributed by atoms with Crippen LogP contribution in [0.5, 0.6) is 0 Å². The molecule has 0 saturated heterocycles. The average Bonchev–Trinajstić information content (AvgIpc) is 2.83. The highest BCUT2D eigenvalue weighted by molar-refractivity contribution is 7.15. The van der Waals surface area contributed by atoms with Gasteiger partial charge in [-0.05, 0) is 6.42 Å². The Labute approximate surface area is 118 Å². The summed E-state index contributed by atoms with van der Waals surface area (Å²) in [7, 11) is 1.63. The molecule has 0 aliphatic heterocycles. The van der Waals surface area contributed by atoms with Crippen molar-refractivity contribution in [2.24, 2.45) is 0 Å². The minimum atomic E-state index is -0.104. The van der Waals surface area contributed by atoms with E-state index in [9.17, 15) is 4.79 Å². The number of anilines is 1. The zero-order valence-corrected chi connectivity index (χ0v) is 12.4. The largest absolute Gasteiger partial charge is 0.383 e. The number of aryl methyl sites for hydroxylation is 1. The summed E-state index contributed by atoms with van der Waals surface area (Å²) in [4.78, 5) is 11.6. The van der Waals surface area contributed by atoms with Gasteiger partial charge < -0.3 is 10.1 Å². The predicted molar refractivity (Wildman–Crippen MR) is 76.5 cm³/mol. The number of nitrogens with zero attached hydrogens (tertiary/aromatic N) is 2. The van der Waals surface area contributed by atoms with E-state index in [4.69, 9.17) is 4.74 Å². The Morgan fingerprint density at radius 1 is 1.37 bits per heavy atom. The van der Waals surface area contributed by atoms with Crippen molar-refractivity contribution < 1.29 is 9.53 Å². The van der Waals surface area contributed by atoms with Crippen LogP contribution in [-0.2, 0) is 16.0 Å². The van der Waals surface area contributed by atoms with Gasteiger partial charge in [0.1, 0.15) is 5.01 Å². The fourth-order valence-corrected chi connectivity index (χ4v) is 2.27. The first kappa shape index (κ1) is 16.0. The van der Waals surface area contributed by atoms with Crippen LogP contribution in [0, 0.1) is 0 Å². The van der Waals surface area contributed by atoms with Gasteiger partial charge in [-0.15, -0.1) is 10.2 Å². The fourth-order valence-electron chi connectivity index (χ4n) is 1.47. The molecule has 1 heterocycles. The monoisotopic (exact) mass is 286 g/mol. The smallest absolute Gasteiger partial charge is 0.240 e. The van der Waals surface area contributed by atoms with Gasteiger partial charge in [0, 0.05) is 20.1 Å². The first-order valence-corrected chi connectivity index (χ1v) is 7.39. The van der Waals surface area contributed by atoms with Crippen LogP contribution in [-0.4, -0.2) is 42.9 Å². The maximum atomic E-state index is 11.6. The molecule has 108 valence electrons. The summed E-state index contributed by atoms with van der Waals surface area (Å²) in [5, 5.41) is 15.3. The average molecular weight is 286 g/mol. The molecule has 0 aliphatic rings. The Hall–Kier alpha value is -1.05. The molecule has 19 heavy (non-hydrogen) atoms. The van der Waals surface area contributed by atoms with E-state index < -0.39 is 0 Å². The second kappa shape index (κ2) is 9.82. The Morgan fingerprint density at radius 3 is 2.95 bits per heavy atom. The maximum Gasteiger partial charge on any atom is 0.240 e. The molecule has 0 unspecified atom stereocenters. The zero-order valence-electron chi connectivity index (χ0n) is 11.6. The van der Waals surface area contributed by atoms with Gasteiger partial charge in [0.05, 0.1) is 13.2 Å². The molecule has 6 nitrogen and oxygen atoms in total. The van der Waals surface area contributed by atoms with E-state index in [1.165, 1.54) is 24.2 Å². The van der Waals surface area contributed by atoms with Gasteiger partial charge in [0.2, 0.25) is 11.0 Å². The standard InChI is InChI=1S/C12H22N4O2S/c1-3-4-5-6-11-15-16-12(19-11)14-10(17)9-13-7-8-18-2/h13H,3-9H2,1-2H3,(H,14,16,17). The van der Waals surface area contributed by atoms with Crippen LogP contribution in [0.25, 0.3) is 0 Å². The summed E-state index contributed by atoms with van der Waals surface area (Å²) in [5.74, 6) is -0.104. The first-order chi connectivity index (χ1) is 9.26. The summed E-state index contributed by atoms with van der Waals surface area (Å²) in [6.45, 7) is 3.67. The third-order valence-electron chi connectivity index (χ3n) is 2.48. The lowest BCUT2D eigenvalue weighted by atomic mass is 10.2. The normalized spacial score (nSPS) is 10.6. The molecule has 0 fully saturated rings. The second-order valence-corrected chi connectivity index (χ2v) is 5.24. The molecule has 7 heteroatoms. The lowest BCUT2D eigenvalue weighted by molar-refractivity contribution is -0.115. The number of hydrogen-bond donors (Lipinski definition) is 2. The molecule has 0 saturated carbocycles. The lowest BCUT2D eigenvalue weighted by Gasteiger charge is -2.03. The van der Waals surface area contributed by atoms with Gasteiger partial charge in [-0.1, -0.05) is 31.1 Å². The molecule has 0 spiro atoms. The minimum Gasteiger partial charge on any atom is -0.383 e. The number of unbranched alkanes of at least 4 members (excludes halogenated alkanes) is 2. The molecule has 0 bridgehead atoms. The third-order valence-corrected chi connectivity index (χ3v) is 3.37. The molecule has 2 N–H and O–H groups in total. The van der Waals surface area contributed by atoms with Crippen LogP contribution in [0.4, 0.5) is 5.13 Å². The number of rotatable bonds is 10. The number of nitrogens with one attached hydrogen (secondary N) is 2. The van der Waals surface area contributed by atoms with Crippen LogP contribution >= 0.6 is 11.3 Å². The van der Waals surface area contributed by atoms with Gasteiger partial charge in [-0.2, -0.15) is 0 Å². The van der Waals surface area contributed by atoms with E-state index in [0.717, 1.165) is 17.8 Å². The number of hydrogen-bond acceptors (Lipinski definition) is 6. The van der Waals surface area contributed by atoms with E-state index >= 15 is 0 Å². The first-order valence-electron chi connectivity index (χ1n) is 6.58. The van der Waals surface area contributed by atoms with E-state index in [-0.39, 0.29) is 12.5 Å². The van der Waals surface area contributed by atoms with Crippen LogP contribution in [0.2, 0.25) is 0 Å². The molecule has 0 radical (unpaired) electrons. The summed E-state index contributed by atoms with van der Waals surface area (Å²) in [6.07, 6.45) is 4.45. The Balaban J connectivity index is 2.22. The molecule has 1 aromatic heterocycles. The van der Waals surface area contributed by atoms with E-state index in [0.29, 0.717) is 18.3 Å². The molecule has 0 atom stereocenters. The number of amides is 1. The summed E-state index contributed by atoms with van der Waals surface area (Å²) in [5.41, 5.74) is 0. The minimum absolute atomic E-state index is 0.104. The van der Waals surface area contributed by atoms with E-state index in [2.05, 4.69) is 27.8 Å². The Bertz CT molecular complexity index is 370. The van der Waals surface area contributed by atoms with Crippen LogP contribution < -0.4 is 10.6 Å². The second-order valence-electron chi connectivity index (χ2n) is 4.18. The van der Waals surface area contributed by atoms with Crippen molar-refractivity contribution in [2.75, 3.05) is 32.1 Å². The van der Waals surface area contributed by atoms with Gasteiger partial charge in [0.15, 0.2) is 0 Å². The highest BCUT2D eigenvalue weighted by Gasteiger charge is 2.07. The highest BCUT2D eigenvalue weighted by atomic mass is 32.1. The van der Waals surface area contributed by atoms with Crippen molar-refractivity contribution >= 4 is 22.4 Å². The van der Waals surface area contributed by atoms with E-state index in [1.54, 1.807) is 7.11 Å². The molecule has 1 rings (SSSR count). The zero-order chi connectivity index (χ0) is 13.9. The van der Waals surface area contributed by atoms with E-state index in [1.807, 2.05) is 0 Å². The van der Waals surface area contributed by atoms with Crippen molar-refractivity contribution in [1.29, 1.82) is 0 Å². The van der Waals surface area contributed by atoms with Crippen molar-refractivity contribution in [3.63, 3.8) is 0 Å². The van der Waals surface area contributed by atoms with Gasteiger partial charge >= 0.3 is 0 Å². The molecule has 1 aromatic rings. The van der Waals surface area contributed by atoms with Crippen LogP contribution in [0.1, 0.15) is 31.2 Å². The molecular formula is C12H22N4O2S. The van der Waals surface area contributed by atoms with Gasteiger partial charge in [-0.3, -0.25) is 10.1 Å². The summed E-state index contributed by atoms with van der Waals surface area (Å²) in [6, 6.07) is 0. The SMILES string of the molecule is CCCCCc1nnc(NC(=O)CNCCOC)s1. The van der Waals surface area contributed by atoms with Crippen LogP contribution in [0.15, 0.2) is 0 Å². The number of carbonyl (C=O) groups is 1. The number of carbonyl (C=O) groups excluding carboxylic acids is 1. The number of methoxy groups -OCH3 is 1. The van der Waals surface area contributed by atoms with Crippen LogP contribution in [0.3, 0.4) is 0 Å². The fraction of sp³-hybridized carbons (Fsp3) is 0.750. The Kier molecular flexibility index (Phi) is 8.28. The molecule has 0 aromatic carbocycles. The van der Waals surface area contributed by atoms with Crippen molar-refractivity contribution in [1.82, 2.24) is 15.5 Å². The lowest BCUT2D eigenvalue weighted by Crippen LogP contribution is -2.30. The quantitative estimate of drug-likeness (QED) is 0.637. The molecule has 1 amide bonds. The number of aromatic nitrogens is 2. The topological polar surface area (TPSA) is 76.1 Å². The number of ether oxygens (including phenoxy) is 1. The highest BCUT2D eigenvalue weighted by Crippen LogP contribution is 2.17. The van der Waals surface area contributed by atoms with Crippen molar-refractivity contribution in [3.05, 3.63) is 5.01 Å². The predicted octanol–water partition coefficient (Wildman–Crippen LogP) is 1.45. The van der Waals surface area contributed by atoms with Crippen molar-refractivity contribution in [3.8, 4) is 0 Å². The maximum absolute atomic E-state index is 11.6. The molecule has 0 aliphatic carbocycles. The Morgan fingerprint density at radius 2 is 2.21 bits per heavy atom. The summed E-state index contributed by atoms with van der Waals surface area (Å²) >= 11 is 1.45. The van der Waals surface area contributed by atoms with Gasteiger partial charge in [0.25, 0.3) is 0 Å². The molecular weight excluding hydrogens is 264 g/mol. The van der Waals surface area contributed by atoms with Gasteiger partial charge in [-0.25, -0.2) is 0 Å². The van der Waals surface area contributed by atoms with Crippen molar-refractivity contribution in [2.45, 2.75) is 32.6 Å². The third kappa shape index (κ3) is 7.19.